The minimum Gasteiger partial charge on any atom is -0.497 e. The highest BCUT2D eigenvalue weighted by Gasteiger charge is 2.24. The van der Waals surface area contributed by atoms with E-state index in [0.717, 1.165) is 24.0 Å². The number of fused-ring (bicyclic) bond motifs is 1. The standard InChI is InChI=1S/C25H25NO5S/c1-29-19-11-18(12-20(13-19)30-2)23(27)26-24-22(25(28)31-3)21(14-32-24)17-9-8-15-6-4-5-7-16(15)10-17/h8-14H,4-7H2,1-3H3,(H,26,27). The number of hydrogen-bond acceptors (Lipinski definition) is 6. The molecule has 32 heavy (non-hydrogen) atoms. The Morgan fingerprint density at radius 3 is 2.25 bits per heavy atom. The Labute approximate surface area is 191 Å². The van der Waals surface area contributed by atoms with Gasteiger partial charge < -0.3 is 19.5 Å². The van der Waals surface area contributed by atoms with Crippen LogP contribution < -0.4 is 14.8 Å². The lowest BCUT2D eigenvalue weighted by Crippen LogP contribution is -2.14. The molecule has 0 unspecified atom stereocenters. The van der Waals surface area contributed by atoms with E-state index in [2.05, 4.69) is 17.4 Å². The van der Waals surface area contributed by atoms with E-state index in [1.165, 1.54) is 56.6 Å². The van der Waals surface area contributed by atoms with E-state index >= 15 is 0 Å². The van der Waals surface area contributed by atoms with Crippen LogP contribution in [0.1, 0.15) is 44.7 Å². The van der Waals surface area contributed by atoms with Gasteiger partial charge in [-0.15, -0.1) is 11.3 Å². The van der Waals surface area contributed by atoms with Crippen molar-refractivity contribution < 1.29 is 23.8 Å². The molecule has 1 N–H and O–H groups in total. The van der Waals surface area contributed by atoms with Gasteiger partial charge in [0.15, 0.2) is 0 Å². The van der Waals surface area contributed by atoms with Gasteiger partial charge in [0.1, 0.15) is 22.1 Å². The van der Waals surface area contributed by atoms with Gasteiger partial charge in [-0.3, -0.25) is 4.79 Å². The molecule has 0 atom stereocenters. The molecule has 7 heteroatoms. The number of ether oxygens (including phenoxy) is 3. The maximum absolute atomic E-state index is 13.0. The maximum Gasteiger partial charge on any atom is 0.341 e. The van der Waals surface area contributed by atoms with Gasteiger partial charge in [0.25, 0.3) is 5.91 Å². The predicted octanol–water partition coefficient (Wildman–Crippen LogP) is 5.35. The molecule has 0 aliphatic heterocycles. The Morgan fingerprint density at radius 2 is 1.59 bits per heavy atom. The van der Waals surface area contributed by atoms with Crippen molar-refractivity contribution in [2.75, 3.05) is 26.6 Å². The van der Waals surface area contributed by atoms with Gasteiger partial charge in [-0.25, -0.2) is 4.79 Å². The topological polar surface area (TPSA) is 73.9 Å². The van der Waals surface area contributed by atoms with Gasteiger partial charge in [-0.1, -0.05) is 18.2 Å². The lowest BCUT2D eigenvalue weighted by molar-refractivity contribution is 0.0603. The molecular formula is C25H25NO5S. The van der Waals surface area contributed by atoms with Crippen molar-refractivity contribution >= 4 is 28.2 Å². The maximum atomic E-state index is 13.0. The van der Waals surface area contributed by atoms with E-state index < -0.39 is 5.97 Å². The van der Waals surface area contributed by atoms with E-state index in [9.17, 15) is 9.59 Å². The van der Waals surface area contributed by atoms with E-state index in [1.807, 2.05) is 11.4 Å². The summed E-state index contributed by atoms with van der Waals surface area (Å²) in [7, 11) is 4.39. The van der Waals surface area contributed by atoms with Crippen LogP contribution in [-0.4, -0.2) is 33.2 Å². The zero-order valence-electron chi connectivity index (χ0n) is 18.3. The zero-order valence-corrected chi connectivity index (χ0v) is 19.1. The van der Waals surface area contributed by atoms with E-state index in [-0.39, 0.29) is 5.91 Å². The van der Waals surface area contributed by atoms with Gasteiger partial charge in [0, 0.05) is 22.6 Å². The summed E-state index contributed by atoms with van der Waals surface area (Å²) in [4.78, 5) is 25.7. The van der Waals surface area contributed by atoms with E-state index in [0.29, 0.717) is 27.6 Å². The fraction of sp³-hybridized carbons (Fsp3) is 0.280. The molecule has 3 aromatic rings. The summed E-state index contributed by atoms with van der Waals surface area (Å²) < 4.78 is 15.6. The van der Waals surface area contributed by atoms with E-state index in [1.54, 1.807) is 18.2 Å². The molecule has 166 valence electrons. The molecule has 4 rings (SSSR count). The van der Waals surface area contributed by atoms with Crippen molar-refractivity contribution in [3.05, 3.63) is 64.0 Å². The average Bonchev–Trinajstić information content (AvgIpc) is 3.26. The fourth-order valence-electron chi connectivity index (χ4n) is 3.98. The van der Waals surface area contributed by atoms with Crippen molar-refractivity contribution in [2.45, 2.75) is 25.7 Å². The van der Waals surface area contributed by atoms with Crippen LogP contribution in [0.4, 0.5) is 5.00 Å². The van der Waals surface area contributed by atoms with Crippen LogP contribution in [0.2, 0.25) is 0 Å². The number of hydrogen-bond donors (Lipinski definition) is 1. The molecule has 1 amide bonds. The Morgan fingerprint density at radius 1 is 0.906 bits per heavy atom. The summed E-state index contributed by atoms with van der Waals surface area (Å²) in [5.41, 5.74) is 5.12. The van der Waals surface area contributed by atoms with Crippen LogP contribution in [-0.2, 0) is 17.6 Å². The van der Waals surface area contributed by atoms with Crippen LogP contribution in [0.3, 0.4) is 0 Å². The Bertz CT molecular complexity index is 1140. The fourth-order valence-corrected chi connectivity index (χ4v) is 4.93. The highest BCUT2D eigenvalue weighted by atomic mass is 32.1. The number of esters is 1. The summed E-state index contributed by atoms with van der Waals surface area (Å²) in [5, 5.41) is 5.19. The molecule has 0 spiro atoms. The third-order valence-corrected chi connectivity index (χ3v) is 6.58. The van der Waals surface area contributed by atoms with Gasteiger partial charge >= 0.3 is 5.97 Å². The number of thiophene rings is 1. The minimum absolute atomic E-state index is 0.358. The Kier molecular flexibility index (Phi) is 6.46. The van der Waals surface area contributed by atoms with Crippen LogP contribution in [0.15, 0.2) is 41.8 Å². The largest absolute Gasteiger partial charge is 0.497 e. The molecule has 1 aliphatic rings. The highest BCUT2D eigenvalue weighted by molar-refractivity contribution is 7.15. The number of aryl methyl sites for hydroxylation is 2. The second kappa shape index (κ2) is 9.44. The molecule has 0 fully saturated rings. The molecule has 1 aromatic heterocycles. The molecule has 0 radical (unpaired) electrons. The number of nitrogens with one attached hydrogen (secondary N) is 1. The third-order valence-electron chi connectivity index (χ3n) is 5.68. The first-order valence-electron chi connectivity index (χ1n) is 10.4. The highest BCUT2D eigenvalue weighted by Crippen LogP contribution is 2.38. The molecule has 0 saturated carbocycles. The molecule has 0 saturated heterocycles. The molecule has 1 heterocycles. The second-order valence-electron chi connectivity index (χ2n) is 7.59. The van der Waals surface area contributed by atoms with E-state index in [4.69, 9.17) is 14.2 Å². The van der Waals surface area contributed by atoms with Crippen LogP contribution in [0, 0.1) is 0 Å². The van der Waals surface area contributed by atoms with Gasteiger partial charge in [0.2, 0.25) is 0 Å². The lowest BCUT2D eigenvalue weighted by Gasteiger charge is -2.17. The predicted molar refractivity (Wildman–Crippen MR) is 125 cm³/mol. The Balaban J connectivity index is 1.69. The van der Waals surface area contributed by atoms with Crippen molar-refractivity contribution in [1.29, 1.82) is 0 Å². The number of amides is 1. The lowest BCUT2D eigenvalue weighted by atomic mass is 9.89. The van der Waals surface area contributed by atoms with Gasteiger partial charge in [0.05, 0.1) is 21.3 Å². The molecule has 0 bridgehead atoms. The van der Waals surface area contributed by atoms with Crippen LogP contribution in [0.25, 0.3) is 11.1 Å². The van der Waals surface area contributed by atoms with Gasteiger partial charge in [-0.05, 0) is 54.5 Å². The van der Waals surface area contributed by atoms with Crippen molar-refractivity contribution in [2.24, 2.45) is 0 Å². The minimum atomic E-state index is -0.488. The van der Waals surface area contributed by atoms with Gasteiger partial charge in [-0.2, -0.15) is 0 Å². The summed E-state index contributed by atoms with van der Waals surface area (Å²) in [6.45, 7) is 0. The third kappa shape index (κ3) is 4.34. The molecule has 1 aliphatic carbocycles. The van der Waals surface area contributed by atoms with Crippen molar-refractivity contribution in [3.8, 4) is 22.6 Å². The average molecular weight is 452 g/mol. The first kappa shape index (κ1) is 21.9. The number of carbonyl (C=O) groups excluding carboxylic acids is 2. The summed E-state index contributed by atoms with van der Waals surface area (Å²) in [6.07, 6.45) is 4.52. The Hall–Kier alpha value is -3.32. The number of carbonyl (C=O) groups is 2. The normalized spacial score (nSPS) is 12.6. The van der Waals surface area contributed by atoms with Crippen molar-refractivity contribution in [1.82, 2.24) is 0 Å². The monoisotopic (exact) mass is 451 g/mol. The summed E-state index contributed by atoms with van der Waals surface area (Å²) in [6, 6.07) is 11.3. The molecular weight excluding hydrogens is 426 g/mol. The SMILES string of the molecule is COC(=O)c1c(-c2ccc3c(c2)CCCC3)csc1NC(=O)c1cc(OC)cc(OC)c1. The zero-order chi connectivity index (χ0) is 22.7. The molecule has 2 aromatic carbocycles. The number of rotatable bonds is 6. The second-order valence-corrected chi connectivity index (χ2v) is 8.47. The summed E-state index contributed by atoms with van der Waals surface area (Å²) >= 11 is 1.30. The summed E-state index contributed by atoms with van der Waals surface area (Å²) in [5.74, 6) is 0.149. The number of anilines is 1. The molecule has 6 nitrogen and oxygen atoms in total. The first-order valence-corrected chi connectivity index (χ1v) is 11.3. The van der Waals surface area contributed by atoms with Crippen LogP contribution in [0.5, 0.6) is 11.5 Å². The number of benzene rings is 2. The quantitative estimate of drug-likeness (QED) is 0.512. The van der Waals surface area contributed by atoms with Crippen LogP contribution >= 0.6 is 11.3 Å². The first-order chi connectivity index (χ1) is 15.5. The van der Waals surface area contributed by atoms with Crippen molar-refractivity contribution in [3.63, 3.8) is 0 Å². The number of methoxy groups -OCH3 is 3. The smallest absolute Gasteiger partial charge is 0.341 e.